The minimum atomic E-state index is -0.834. The molecule has 148 valence electrons. The minimum Gasteiger partial charge on any atom is -0.478 e. The lowest BCUT2D eigenvalue weighted by molar-refractivity contribution is -0.132. The summed E-state index contributed by atoms with van der Waals surface area (Å²) in [4.78, 5) is 20.9. The number of aliphatic carboxylic acids is 1. The Morgan fingerprint density at radius 2 is 2.07 bits per heavy atom. The van der Waals surface area contributed by atoms with E-state index >= 15 is 0 Å². The number of benzene rings is 1. The molecule has 0 fully saturated rings. The van der Waals surface area contributed by atoms with Gasteiger partial charge in [-0.1, -0.05) is 48.6 Å². The number of aromatic nitrogens is 2. The largest absolute Gasteiger partial charge is 0.478 e. The summed E-state index contributed by atoms with van der Waals surface area (Å²) >= 11 is 1.62. The number of anilines is 1. The maximum atomic E-state index is 11.1. The van der Waals surface area contributed by atoms with Crippen molar-refractivity contribution < 1.29 is 9.90 Å². The van der Waals surface area contributed by atoms with Gasteiger partial charge in [-0.3, -0.25) is 0 Å². The fourth-order valence-electron chi connectivity index (χ4n) is 3.44. The van der Waals surface area contributed by atoms with Gasteiger partial charge in [0.1, 0.15) is 17.0 Å². The van der Waals surface area contributed by atoms with Crippen molar-refractivity contribution in [3.63, 3.8) is 0 Å². The first kappa shape index (κ1) is 19.3. The number of thiophene rings is 1. The Labute approximate surface area is 173 Å². The number of hydrogen-bond acceptors (Lipinski definition) is 6. The van der Waals surface area contributed by atoms with Crippen LogP contribution in [0.15, 0.2) is 65.8 Å². The summed E-state index contributed by atoms with van der Waals surface area (Å²) in [6.07, 6.45) is 7.71. The first-order chi connectivity index (χ1) is 14.2. The summed E-state index contributed by atoms with van der Waals surface area (Å²) in [6, 6.07) is 10.3. The predicted octanol–water partition coefficient (Wildman–Crippen LogP) is 3.95. The Morgan fingerprint density at radius 1 is 1.21 bits per heavy atom. The normalized spacial score (nSPS) is 16.0. The lowest BCUT2D eigenvalue weighted by Crippen LogP contribution is -2.28. The smallest absolute Gasteiger partial charge is 0.331 e. The van der Waals surface area contributed by atoms with Crippen LogP contribution < -0.4 is 10.6 Å². The molecule has 1 aliphatic rings. The standard InChI is InChI=1S/C22H22N4O2S/c27-22(28)17-8-4-5-15(11-17)12-23-9-10-24-20-19-18(16-6-2-1-3-7-16)13-29-21(19)26-14-25-20/h1-8,13-15,23H,9-12H2,(H,27,28)(H,24,25,26). The Kier molecular flexibility index (Phi) is 5.97. The van der Waals surface area contributed by atoms with E-state index in [1.54, 1.807) is 23.7 Å². The van der Waals surface area contributed by atoms with Crippen LogP contribution in [0.1, 0.15) is 6.42 Å². The molecule has 0 bridgehead atoms. The molecule has 2 heterocycles. The Hall–Kier alpha value is -3.03. The summed E-state index contributed by atoms with van der Waals surface area (Å²) in [5, 5.41) is 19.1. The van der Waals surface area contributed by atoms with E-state index in [4.69, 9.17) is 5.11 Å². The number of carboxylic acids is 1. The van der Waals surface area contributed by atoms with Crippen LogP contribution in [-0.2, 0) is 4.79 Å². The lowest BCUT2D eigenvalue weighted by Gasteiger charge is -2.17. The van der Waals surface area contributed by atoms with Crippen molar-refractivity contribution in [3.05, 3.63) is 65.8 Å². The zero-order valence-corrected chi connectivity index (χ0v) is 16.7. The molecule has 0 saturated carbocycles. The van der Waals surface area contributed by atoms with Crippen LogP contribution in [0.3, 0.4) is 0 Å². The molecule has 6 nitrogen and oxygen atoms in total. The van der Waals surface area contributed by atoms with Gasteiger partial charge in [0.2, 0.25) is 0 Å². The number of fused-ring (bicyclic) bond motifs is 1. The zero-order valence-electron chi connectivity index (χ0n) is 15.8. The van der Waals surface area contributed by atoms with Gasteiger partial charge in [-0.25, -0.2) is 14.8 Å². The molecule has 1 aliphatic carbocycles. The molecular weight excluding hydrogens is 384 g/mol. The zero-order chi connectivity index (χ0) is 20.1. The molecule has 1 aromatic carbocycles. The fraction of sp³-hybridized carbons (Fsp3) is 0.227. The number of hydrogen-bond donors (Lipinski definition) is 3. The average Bonchev–Trinajstić information content (AvgIpc) is 3.19. The minimum absolute atomic E-state index is 0.207. The molecule has 7 heteroatoms. The molecule has 4 rings (SSSR count). The highest BCUT2D eigenvalue weighted by molar-refractivity contribution is 7.17. The van der Waals surface area contributed by atoms with E-state index in [0.29, 0.717) is 18.5 Å². The Bertz CT molecular complexity index is 1060. The van der Waals surface area contributed by atoms with Gasteiger partial charge >= 0.3 is 5.97 Å². The van der Waals surface area contributed by atoms with E-state index in [9.17, 15) is 4.79 Å². The second kappa shape index (κ2) is 8.98. The van der Waals surface area contributed by atoms with Crippen LogP contribution in [-0.4, -0.2) is 40.7 Å². The van der Waals surface area contributed by atoms with E-state index in [1.807, 2.05) is 24.3 Å². The van der Waals surface area contributed by atoms with Gasteiger partial charge < -0.3 is 15.7 Å². The van der Waals surface area contributed by atoms with Crippen LogP contribution >= 0.6 is 11.3 Å². The maximum absolute atomic E-state index is 11.1. The Balaban J connectivity index is 1.35. The third kappa shape index (κ3) is 4.52. The van der Waals surface area contributed by atoms with E-state index in [2.05, 4.69) is 44.2 Å². The second-order valence-electron chi connectivity index (χ2n) is 6.89. The van der Waals surface area contributed by atoms with Gasteiger partial charge in [0.15, 0.2) is 0 Å². The number of allylic oxidation sites excluding steroid dienone is 2. The molecule has 2 aromatic heterocycles. The fourth-order valence-corrected chi connectivity index (χ4v) is 4.36. The number of nitrogens with one attached hydrogen (secondary N) is 2. The first-order valence-electron chi connectivity index (χ1n) is 9.55. The number of nitrogens with zero attached hydrogens (tertiary/aromatic N) is 2. The van der Waals surface area contributed by atoms with E-state index in [-0.39, 0.29) is 5.92 Å². The molecule has 1 unspecified atom stereocenters. The number of rotatable bonds is 8. The SMILES string of the molecule is O=C(O)C1=CC=CC(CNCCNc2ncnc3scc(-c4ccccc4)c23)C1. The molecule has 0 radical (unpaired) electrons. The highest BCUT2D eigenvalue weighted by Crippen LogP contribution is 2.36. The van der Waals surface area contributed by atoms with Crippen molar-refractivity contribution in [2.45, 2.75) is 6.42 Å². The third-order valence-electron chi connectivity index (χ3n) is 4.89. The van der Waals surface area contributed by atoms with Gasteiger partial charge in [0.05, 0.1) is 5.39 Å². The second-order valence-corrected chi connectivity index (χ2v) is 7.75. The molecule has 0 aliphatic heterocycles. The molecular formula is C22H22N4O2S. The van der Waals surface area contributed by atoms with Gasteiger partial charge in [-0.15, -0.1) is 11.3 Å². The number of carbonyl (C=O) groups is 1. The molecule has 3 N–H and O–H groups in total. The van der Waals surface area contributed by atoms with Crippen LogP contribution in [0.2, 0.25) is 0 Å². The van der Waals surface area contributed by atoms with Crippen LogP contribution in [0.5, 0.6) is 0 Å². The third-order valence-corrected chi connectivity index (χ3v) is 5.78. The van der Waals surface area contributed by atoms with Gasteiger partial charge in [-0.05, 0) is 17.9 Å². The monoisotopic (exact) mass is 406 g/mol. The van der Waals surface area contributed by atoms with Crippen molar-refractivity contribution in [3.8, 4) is 11.1 Å². The molecule has 0 amide bonds. The van der Waals surface area contributed by atoms with Crippen molar-refractivity contribution in [2.75, 3.05) is 25.0 Å². The highest BCUT2D eigenvalue weighted by Gasteiger charge is 2.16. The summed E-state index contributed by atoms with van der Waals surface area (Å²) in [5.74, 6) is 0.211. The predicted molar refractivity (Wildman–Crippen MR) is 117 cm³/mol. The molecule has 0 saturated heterocycles. The maximum Gasteiger partial charge on any atom is 0.331 e. The Morgan fingerprint density at radius 3 is 2.90 bits per heavy atom. The molecule has 3 aromatic rings. The summed E-state index contributed by atoms with van der Waals surface area (Å²) < 4.78 is 0. The molecule has 0 spiro atoms. The van der Waals surface area contributed by atoms with Crippen molar-refractivity contribution >= 4 is 33.3 Å². The lowest BCUT2D eigenvalue weighted by atomic mass is 9.94. The summed E-state index contributed by atoms with van der Waals surface area (Å²) in [5.41, 5.74) is 2.76. The quantitative estimate of drug-likeness (QED) is 0.491. The highest BCUT2D eigenvalue weighted by atomic mass is 32.1. The van der Waals surface area contributed by atoms with Crippen molar-refractivity contribution in [1.29, 1.82) is 0 Å². The van der Waals surface area contributed by atoms with Crippen molar-refractivity contribution in [2.24, 2.45) is 5.92 Å². The number of carboxylic acid groups (broad SMARTS) is 1. The summed E-state index contributed by atoms with van der Waals surface area (Å²) in [7, 11) is 0. The van der Waals surface area contributed by atoms with Gasteiger partial charge in [0.25, 0.3) is 0 Å². The van der Waals surface area contributed by atoms with Crippen LogP contribution in [0, 0.1) is 5.92 Å². The van der Waals surface area contributed by atoms with E-state index in [0.717, 1.165) is 40.3 Å². The van der Waals surface area contributed by atoms with Gasteiger partial charge in [0, 0.05) is 36.2 Å². The topological polar surface area (TPSA) is 87.1 Å². The molecule has 1 atom stereocenters. The van der Waals surface area contributed by atoms with Crippen LogP contribution in [0.25, 0.3) is 21.3 Å². The van der Waals surface area contributed by atoms with Crippen molar-refractivity contribution in [1.82, 2.24) is 15.3 Å². The molecule has 29 heavy (non-hydrogen) atoms. The van der Waals surface area contributed by atoms with Gasteiger partial charge in [-0.2, -0.15) is 0 Å². The first-order valence-corrected chi connectivity index (χ1v) is 10.4. The van der Waals surface area contributed by atoms with E-state index < -0.39 is 5.97 Å². The van der Waals surface area contributed by atoms with Crippen LogP contribution in [0.4, 0.5) is 5.82 Å². The summed E-state index contributed by atoms with van der Waals surface area (Å²) in [6.45, 7) is 2.22. The van der Waals surface area contributed by atoms with E-state index in [1.165, 1.54) is 0 Å². The average molecular weight is 407 g/mol.